The number of likely N-dealkylation sites (tertiary alicyclic amines) is 1. The Kier molecular flexibility index (Phi) is 3.37. The van der Waals surface area contributed by atoms with Gasteiger partial charge in [0.05, 0.1) is 17.2 Å². The number of hydrogen-bond donors (Lipinski definition) is 1. The van der Waals surface area contributed by atoms with Crippen molar-refractivity contribution in [1.82, 2.24) is 4.90 Å². The maximum atomic E-state index is 12.0. The third-order valence-corrected chi connectivity index (χ3v) is 3.91. The van der Waals surface area contributed by atoms with Crippen molar-refractivity contribution in [3.05, 3.63) is 40.0 Å². The zero-order valence-electron chi connectivity index (χ0n) is 12.1. The Bertz CT molecular complexity index is 685. The van der Waals surface area contributed by atoms with E-state index in [1.807, 2.05) is 0 Å². The van der Waals surface area contributed by atoms with E-state index in [1.165, 1.54) is 18.2 Å². The highest BCUT2D eigenvalue weighted by atomic mass is 16.6. The van der Waals surface area contributed by atoms with Gasteiger partial charge in [0.15, 0.2) is 0 Å². The Balaban J connectivity index is 2.14. The molecule has 0 aromatic heterocycles. The molecular weight excluding hydrogens is 288 g/mol. The van der Waals surface area contributed by atoms with E-state index in [1.54, 1.807) is 17.9 Å². The number of carbonyl (C=O) groups excluding carboxylic acids is 1. The number of non-ortho nitro benzene ring substituents is 1. The first kappa shape index (κ1) is 14.5. The third-order valence-electron chi connectivity index (χ3n) is 3.91. The molecule has 2 aliphatic rings. The summed E-state index contributed by atoms with van der Waals surface area (Å²) >= 11 is 0. The molecule has 7 heteroatoms. The van der Waals surface area contributed by atoms with Crippen molar-refractivity contribution >= 4 is 17.3 Å². The number of rotatable bonds is 3. The highest BCUT2D eigenvalue weighted by molar-refractivity contribution is 5.90. The van der Waals surface area contributed by atoms with Crippen molar-refractivity contribution in [2.75, 3.05) is 13.2 Å². The van der Waals surface area contributed by atoms with Gasteiger partial charge in [0.1, 0.15) is 11.4 Å². The second kappa shape index (κ2) is 5.10. The zero-order valence-corrected chi connectivity index (χ0v) is 12.1. The van der Waals surface area contributed by atoms with E-state index in [2.05, 4.69) is 0 Å². The number of aliphatic hydroxyl groups is 1. The molecule has 1 amide bonds. The molecule has 3 rings (SSSR count). The first-order chi connectivity index (χ1) is 10.4. The van der Waals surface area contributed by atoms with E-state index >= 15 is 0 Å². The number of hydrogen-bond acceptors (Lipinski definition) is 5. The molecule has 1 N–H and O–H groups in total. The van der Waals surface area contributed by atoms with Crippen molar-refractivity contribution in [3.63, 3.8) is 0 Å². The monoisotopic (exact) mass is 304 g/mol. The summed E-state index contributed by atoms with van der Waals surface area (Å²) in [5.74, 6) is 0.408. The SMILES string of the molecule is CC1(CO)C=C(N2CCCC2=O)c2cc([N+](=O)[O-])ccc2O1. The number of amides is 1. The minimum atomic E-state index is -0.957. The van der Waals surface area contributed by atoms with Crippen LogP contribution in [0.5, 0.6) is 5.75 Å². The molecule has 1 fully saturated rings. The second-order valence-electron chi connectivity index (χ2n) is 5.69. The van der Waals surface area contributed by atoms with Crippen molar-refractivity contribution in [2.45, 2.75) is 25.4 Å². The Morgan fingerprint density at radius 2 is 2.27 bits per heavy atom. The largest absolute Gasteiger partial charge is 0.480 e. The molecule has 1 aromatic rings. The number of carbonyl (C=O) groups is 1. The highest BCUT2D eigenvalue weighted by Crippen LogP contribution is 2.40. The number of fused-ring (bicyclic) bond motifs is 1. The minimum absolute atomic E-state index is 0.0223. The predicted octanol–water partition coefficient (Wildman–Crippen LogP) is 1.70. The summed E-state index contributed by atoms with van der Waals surface area (Å²) in [5, 5.41) is 20.6. The summed E-state index contributed by atoms with van der Waals surface area (Å²) in [7, 11) is 0. The van der Waals surface area contributed by atoms with Gasteiger partial charge in [-0.05, 0) is 25.5 Å². The molecule has 0 spiro atoms. The van der Waals surface area contributed by atoms with Gasteiger partial charge in [0.25, 0.3) is 5.69 Å². The fourth-order valence-electron chi connectivity index (χ4n) is 2.77. The van der Waals surface area contributed by atoms with E-state index in [0.717, 1.165) is 6.42 Å². The van der Waals surface area contributed by atoms with Crippen LogP contribution in [-0.2, 0) is 4.79 Å². The number of nitro benzene ring substituents is 1. The molecule has 1 saturated heterocycles. The van der Waals surface area contributed by atoms with Crippen LogP contribution in [-0.4, -0.2) is 39.6 Å². The molecule has 1 aromatic carbocycles. The molecule has 1 unspecified atom stereocenters. The molecule has 1 atom stereocenters. The lowest BCUT2D eigenvalue weighted by molar-refractivity contribution is -0.384. The van der Waals surface area contributed by atoms with Crippen LogP contribution < -0.4 is 4.74 Å². The van der Waals surface area contributed by atoms with Gasteiger partial charge in [-0.25, -0.2) is 0 Å². The quantitative estimate of drug-likeness (QED) is 0.677. The summed E-state index contributed by atoms with van der Waals surface area (Å²) in [5.41, 5.74) is 0.0632. The molecule has 2 aliphatic heterocycles. The van der Waals surface area contributed by atoms with Gasteiger partial charge in [-0.15, -0.1) is 0 Å². The number of nitrogens with zero attached hydrogens (tertiary/aromatic N) is 2. The maximum absolute atomic E-state index is 12.0. The number of nitro groups is 1. The number of ether oxygens (including phenoxy) is 1. The average molecular weight is 304 g/mol. The highest BCUT2D eigenvalue weighted by Gasteiger charge is 2.36. The Labute approximate surface area is 126 Å². The fourth-order valence-corrected chi connectivity index (χ4v) is 2.77. The first-order valence-electron chi connectivity index (χ1n) is 7.05. The Morgan fingerprint density at radius 1 is 1.50 bits per heavy atom. The molecule has 0 aliphatic carbocycles. The van der Waals surface area contributed by atoms with Gasteiger partial charge in [-0.3, -0.25) is 14.9 Å². The van der Waals surface area contributed by atoms with Gasteiger partial charge < -0.3 is 14.7 Å². The van der Waals surface area contributed by atoms with Crippen molar-refractivity contribution in [1.29, 1.82) is 0 Å². The predicted molar refractivity (Wildman–Crippen MR) is 78.1 cm³/mol. The van der Waals surface area contributed by atoms with E-state index in [9.17, 15) is 20.0 Å². The lowest BCUT2D eigenvalue weighted by Gasteiger charge is -2.35. The molecule has 7 nitrogen and oxygen atoms in total. The van der Waals surface area contributed by atoms with Crippen LogP contribution in [0.15, 0.2) is 24.3 Å². The Hall–Kier alpha value is -2.41. The van der Waals surface area contributed by atoms with Gasteiger partial charge in [-0.2, -0.15) is 0 Å². The molecule has 0 saturated carbocycles. The van der Waals surface area contributed by atoms with Gasteiger partial charge in [-0.1, -0.05) is 0 Å². The average Bonchev–Trinajstić information content (AvgIpc) is 2.92. The van der Waals surface area contributed by atoms with Crippen LogP contribution in [0.25, 0.3) is 5.70 Å². The molecule has 0 radical (unpaired) electrons. The molecule has 22 heavy (non-hydrogen) atoms. The van der Waals surface area contributed by atoms with Crippen LogP contribution in [0, 0.1) is 10.1 Å². The van der Waals surface area contributed by atoms with Crippen LogP contribution in [0.4, 0.5) is 5.69 Å². The number of benzene rings is 1. The second-order valence-corrected chi connectivity index (χ2v) is 5.69. The summed E-state index contributed by atoms with van der Waals surface area (Å²) in [6.07, 6.45) is 2.87. The summed E-state index contributed by atoms with van der Waals surface area (Å²) in [6.45, 7) is 2.02. The van der Waals surface area contributed by atoms with Crippen LogP contribution in [0.1, 0.15) is 25.3 Å². The van der Waals surface area contributed by atoms with Gasteiger partial charge >= 0.3 is 0 Å². The van der Waals surface area contributed by atoms with Crippen LogP contribution in [0.2, 0.25) is 0 Å². The van der Waals surface area contributed by atoms with E-state index in [0.29, 0.717) is 30.0 Å². The minimum Gasteiger partial charge on any atom is -0.480 e. The normalized spacial score (nSPS) is 23.8. The number of aliphatic hydroxyl groups excluding tert-OH is 1. The van der Waals surface area contributed by atoms with Crippen molar-refractivity contribution in [3.8, 4) is 5.75 Å². The zero-order chi connectivity index (χ0) is 15.9. The lowest BCUT2D eigenvalue weighted by atomic mass is 9.97. The van der Waals surface area contributed by atoms with Gasteiger partial charge in [0, 0.05) is 30.7 Å². The van der Waals surface area contributed by atoms with Crippen molar-refractivity contribution < 1.29 is 19.6 Å². The molecular formula is C15H16N2O5. The maximum Gasteiger partial charge on any atom is 0.270 e. The molecule has 116 valence electrons. The van der Waals surface area contributed by atoms with Crippen LogP contribution in [0.3, 0.4) is 0 Å². The van der Waals surface area contributed by atoms with Crippen LogP contribution >= 0.6 is 0 Å². The van der Waals surface area contributed by atoms with Crippen molar-refractivity contribution in [2.24, 2.45) is 0 Å². The first-order valence-corrected chi connectivity index (χ1v) is 7.05. The van der Waals surface area contributed by atoms with E-state index < -0.39 is 10.5 Å². The Morgan fingerprint density at radius 3 is 2.86 bits per heavy atom. The smallest absolute Gasteiger partial charge is 0.270 e. The third kappa shape index (κ3) is 2.33. The molecule has 0 bridgehead atoms. The lowest BCUT2D eigenvalue weighted by Crippen LogP contribution is -2.39. The summed E-state index contributed by atoms with van der Waals surface area (Å²) < 4.78 is 5.74. The molecule has 2 heterocycles. The van der Waals surface area contributed by atoms with Gasteiger partial charge in [0.2, 0.25) is 5.91 Å². The summed E-state index contributed by atoms with van der Waals surface area (Å²) in [4.78, 5) is 24.2. The summed E-state index contributed by atoms with van der Waals surface area (Å²) in [6, 6.07) is 4.27. The van der Waals surface area contributed by atoms with E-state index in [4.69, 9.17) is 4.74 Å². The topological polar surface area (TPSA) is 92.9 Å². The van der Waals surface area contributed by atoms with E-state index in [-0.39, 0.29) is 18.2 Å². The fraction of sp³-hybridized carbons (Fsp3) is 0.400. The standard InChI is InChI=1S/C15H16N2O5/c1-15(9-18)8-12(16-6-2-3-14(16)19)11-7-10(17(20)21)4-5-13(11)22-15/h4-5,7-8,18H,2-3,6,9H2,1H3.